The molecule has 3 heterocycles. The highest BCUT2D eigenvalue weighted by atomic mass is 35.5. The van der Waals surface area contributed by atoms with E-state index in [0.717, 1.165) is 0 Å². The van der Waals surface area contributed by atoms with Crippen LogP contribution < -0.4 is 20.7 Å². The monoisotopic (exact) mass is 482 g/mol. The molecule has 1 atom stereocenters. The Hall–Kier alpha value is -3.92. The van der Waals surface area contributed by atoms with Crippen molar-refractivity contribution in [2.24, 2.45) is 9.98 Å². The number of carbonyl (C=O) groups excluding carboxylic acids is 2. The van der Waals surface area contributed by atoms with Crippen molar-refractivity contribution in [3.63, 3.8) is 0 Å². The molecule has 0 bridgehead atoms. The second-order valence-corrected chi connectivity index (χ2v) is 8.98. The third kappa shape index (κ3) is 5.18. The van der Waals surface area contributed by atoms with E-state index in [2.05, 4.69) is 31.1 Å². The van der Waals surface area contributed by atoms with Gasteiger partial charge in [0.1, 0.15) is 28.4 Å². The highest BCUT2D eigenvalue weighted by molar-refractivity contribution is 6.69. The van der Waals surface area contributed by atoms with Gasteiger partial charge in [-0.05, 0) is 30.4 Å². The van der Waals surface area contributed by atoms with E-state index in [0.29, 0.717) is 33.8 Å². The molecule has 1 aromatic heterocycles. The molecular formula is C23H23ClN6O4. The van der Waals surface area contributed by atoms with Gasteiger partial charge in [0, 0.05) is 23.2 Å². The Morgan fingerprint density at radius 2 is 1.91 bits per heavy atom. The van der Waals surface area contributed by atoms with Crippen molar-refractivity contribution in [1.29, 1.82) is 0 Å². The fraction of sp³-hybridized carbons (Fsp3) is 0.261. The van der Waals surface area contributed by atoms with Crippen LogP contribution in [0.5, 0.6) is 5.75 Å². The molecule has 1 aromatic carbocycles. The maximum atomic E-state index is 12.6. The topological polar surface area (TPSA) is 130 Å². The summed E-state index contributed by atoms with van der Waals surface area (Å²) < 4.78 is 10.6. The summed E-state index contributed by atoms with van der Waals surface area (Å²) in [5.74, 6) is 0.886. The number of nitrogens with one attached hydrogen (secondary N) is 3. The Morgan fingerprint density at radius 1 is 1.12 bits per heavy atom. The van der Waals surface area contributed by atoms with Crippen LogP contribution in [0.25, 0.3) is 0 Å². The SMILES string of the molecule is COc1cc(NC(=O)C2=CC3N=C(Cl)C=CC3=N2)ccc1NC(=O)Nc1cc(C(C)(C)C)on1. The van der Waals surface area contributed by atoms with Crippen LogP contribution >= 0.6 is 11.6 Å². The minimum atomic E-state index is -0.523. The number of dihydropyridines is 1. The van der Waals surface area contributed by atoms with E-state index in [4.69, 9.17) is 20.9 Å². The van der Waals surface area contributed by atoms with E-state index in [1.807, 2.05) is 20.8 Å². The third-order valence-corrected chi connectivity index (χ3v) is 5.18. The number of aromatic nitrogens is 1. The molecule has 0 saturated heterocycles. The number of amides is 3. The van der Waals surface area contributed by atoms with Crippen molar-refractivity contribution in [3.05, 3.63) is 54.0 Å². The lowest BCUT2D eigenvalue weighted by Crippen LogP contribution is -2.20. The van der Waals surface area contributed by atoms with E-state index < -0.39 is 11.9 Å². The molecular weight excluding hydrogens is 460 g/mol. The molecule has 2 aliphatic heterocycles. The number of anilines is 3. The van der Waals surface area contributed by atoms with Gasteiger partial charge in [0.25, 0.3) is 5.91 Å². The standard InChI is InChI=1S/C23H23ClN6O4/c1-23(2,3)18-11-20(30-34-18)29-22(32)28-14-6-5-12(9-17(14)33-4)25-21(31)16-10-15-13(26-16)7-8-19(24)27-15/h5-11,15H,1-4H3,(H,25,31)(H2,28,29,30,32). The zero-order valence-corrected chi connectivity index (χ0v) is 19.7. The van der Waals surface area contributed by atoms with Crippen LogP contribution in [0.2, 0.25) is 0 Å². The van der Waals surface area contributed by atoms with Crippen molar-refractivity contribution in [3.8, 4) is 5.75 Å². The summed E-state index contributed by atoms with van der Waals surface area (Å²) >= 11 is 5.91. The summed E-state index contributed by atoms with van der Waals surface area (Å²) in [4.78, 5) is 33.6. The number of nitrogens with zero attached hydrogens (tertiary/aromatic N) is 3. The molecule has 34 heavy (non-hydrogen) atoms. The summed E-state index contributed by atoms with van der Waals surface area (Å²) in [5.41, 5.74) is 1.52. The number of carbonyl (C=O) groups is 2. The molecule has 2 aliphatic rings. The van der Waals surface area contributed by atoms with Crippen LogP contribution in [0.15, 0.2) is 62.7 Å². The molecule has 176 valence electrons. The van der Waals surface area contributed by atoms with Gasteiger partial charge in [0.15, 0.2) is 5.82 Å². The van der Waals surface area contributed by atoms with Gasteiger partial charge in [-0.25, -0.2) is 9.79 Å². The van der Waals surface area contributed by atoms with Crippen LogP contribution in [0, 0.1) is 0 Å². The highest BCUT2D eigenvalue weighted by Gasteiger charge is 2.25. The highest BCUT2D eigenvalue weighted by Crippen LogP contribution is 2.29. The first-order valence-corrected chi connectivity index (χ1v) is 10.8. The normalized spacial score (nSPS) is 16.7. The van der Waals surface area contributed by atoms with E-state index in [1.165, 1.54) is 7.11 Å². The number of fused-ring (bicyclic) bond motifs is 1. The lowest BCUT2D eigenvalue weighted by molar-refractivity contribution is -0.112. The molecule has 10 nitrogen and oxygen atoms in total. The number of aliphatic imine (C=N–C) groups is 2. The second kappa shape index (κ2) is 9.14. The van der Waals surface area contributed by atoms with Gasteiger partial charge in [-0.2, -0.15) is 0 Å². The van der Waals surface area contributed by atoms with Gasteiger partial charge in [0.05, 0.1) is 18.5 Å². The fourth-order valence-corrected chi connectivity index (χ4v) is 3.37. The van der Waals surface area contributed by atoms with Gasteiger partial charge in [-0.1, -0.05) is 37.5 Å². The molecule has 0 fully saturated rings. The maximum Gasteiger partial charge on any atom is 0.325 e. The molecule has 0 saturated carbocycles. The van der Waals surface area contributed by atoms with Crippen molar-refractivity contribution >= 4 is 51.6 Å². The average Bonchev–Trinajstić information content (AvgIpc) is 3.41. The second-order valence-electron chi connectivity index (χ2n) is 8.59. The average molecular weight is 483 g/mol. The van der Waals surface area contributed by atoms with Gasteiger partial charge in [-0.3, -0.25) is 15.1 Å². The maximum absolute atomic E-state index is 12.6. The Kier molecular flexibility index (Phi) is 6.25. The zero-order valence-electron chi connectivity index (χ0n) is 19.0. The summed E-state index contributed by atoms with van der Waals surface area (Å²) in [6, 6.07) is 5.62. The predicted octanol–water partition coefficient (Wildman–Crippen LogP) is 4.48. The number of halogens is 1. The number of benzene rings is 1. The Balaban J connectivity index is 1.41. The fourth-order valence-electron chi connectivity index (χ4n) is 3.20. The molecule has 0 aliphatic carbocycles. The summed E-state index contributed by atoms with van der Waals surface area (Å²) in [6.07, 6.45) is 5.00. The smallest absolute Gasteiger partial charge is 0.325 e. The molecule has 2 aromatic rings. The van der Waals surface area contributed by atoms with Crippen molar-refractivity contribution in [1.82, 2.24) is 5.16 Å². The molecule has 4 rings (SSSR count). The van der Waals surface area contributed by atoms with Crippen molar-refractivity contribution < 1.29 is 18.8 Å². The van der Waals surface area contributed by atoms with Crippen LogP contribution in [0.3, 0.4) is 0 Å². The molecule has 0 radical (unpaired) electrons. The number of methoxy groups -OCH3 is 1. The van der Waals surface area contributed by atoms with Crippen molar-refractivity contribution in [2.45, 2.75) is 32.2 Å². The molecule has 0 spiro atoms. The summed E-state index contributed by atoms with van der Waals surface area (Å²) in [5, 5.41) is 12.3. The van der Waals surface area contributed by atoms with Crippen LogP contribution in [-0.2, 0) is 10.2 Å². The Morgan fingerprint density at radius 3 is 2.62 bits per heavy atom. The molecule has 3 amide bonds. The number of urea groups is 1. The largest absolute Gasteiger partial charge is 0.494 e. The minimum absolute atomic E-state index is 0.234. The predicted molar refractivity (Wildman–Crippen MR) is 131 cm³/mol. The van der Waals surface area contributed by atoms with Crippen LogP contribution in [-0.4, -0.2) is 41.1 Å². The van der Waals surface area contributed by atoms with E-state index in [-0.39, 0.29) is 23.0 Å². The zero-order chi connectivity index (χ0) is 24.5. The van der Waals surface area contributed by atoms with Crippen molar-refractivity contribution in [2.75, 3.05) is 23.1 Å². The Bertz CT molecular complexity index is 1270. The quantitative estimate of drug-likeness (QED) is 0.578. The summed E-state index contributed by atoms with van der Waals surface area (Å²) in [6.45, 7) is 5.94. The number of allylic oxidation sites excluding steroid dienone is 1. The number of hydrogen-bond acceptors (Lipinski definition) is 7. The third-order valence-electron chi connectivity index (χ3n) is 4.95. The number of hydrogen-bond donors (Lipinski definition) is 3. The lowest BCUT2D eigenvalue weighted by Gasteiger charge is -2.13. The van der Waals surface area contributed by atoms with E-state index in [1.54, 1.807) is 42.5 Å². The number of rotatable bonds is 5. The first-order valence-electron chi connectivity index (χ1n) is 10.4. The minimum Gasteiger partial charge on any atom is -0.494 e. The van der Waals surface area contributed by atoms with E-state index in [9.17, 15) is 9.59 Å². The van der Waals surface area contributed by atoms with E-state index >= 15 is 0 Å². The molecule has 11 heteroatoms. The Labute approximate surface area is 200 Å². The van der Waals surface area contributed by atoms with Gasteiger partial charge in [0.2, 0.25) is 0 Å². The number of ether oxygens (including phenoxy) is 1. The van der Waals surface area contributed by atoms with Gasteiger partial charge in [-0.15, -0.1) is 0 Å². The van der Waals surface area contributed by atoms with Gasteiger partial charge >= 0.3 is 6.03 Å². The first kappa shape index (κ1) is 23.2. The van der Waals surface area contributed by atoms with Crippen LogP contribution in [0.4, 0.5) is 22.0 Å². The summed E-state index contributed by atoms with van der Waals surface area (Å²) in [7, 11) is 1.46. The van der Waals surface area contributed by atoms with Gasteiger partial charge < -0.3 is 19.9 Å². The lowest BCUT2D eigenvalue weighted by atomic mass is 9.93. The first-order chi connectivity index (χ1) is 16.1. The molecule has 3 N–H and O–H groups in total. The van der Waals surface area contributed by atoms with Crippen LogP contribution in [0.1, 0.15) is 26.5 Å². The molecule has 1 unspecified atom stereocenters.